The van der Waals surface area contributed by atoms with Crippen LogP contribution in [-0.2, 0) is 0 Å². The average molecular weight is 200 g/mol. The van der Waals surface area contributed by atoms with Gasteiger partial charge in [0.15, 0.2) is 0 Å². The van der Waals surface area contributed by atoms with E-state index in [1.165, 1.54) is 5.06 Å². The topological polar surface area (TPSA) is 35.5 Å². The Labute approximate surface area is 87.4 Å². The maximum atomic E-state index is 9.86. The Kier molecular flexibility index (Phi) is 3.24. The molecule has 1 atom stereocenters. The van der Waals surface area contributed by atoms with Crippen molar-refractivity contribution in [1.29, 1.82) is 0 Å². The number of hydroxylamine groups is 2. The van der Waals surface area contributed by atoms with Crippen LogP contribution >= 0.6 is 0 Å². The van der Waals surface area contributed by atoms with Crippen LogP contribution in [0, 0.1) is 5.41 Å². The molecule has 0 radical (unpaired) electrons. The molecule has 0 spiro atoms. The molecule has 1 unspecified atom stereocenters. The minimum Gasteiger partial charge on any atom is -0.314 e. The number of rotatable bonds is 2. The van der Waals surface area contributed by atoms with Crippen molar-refractivity contribution in [1.82, 2.24) is 10.4 Å². The Balaban J connectivity index is 2.75. The first kappa shape index (κ1) is 12.0. The van der Waals surface area contributed by atoms with Gasteiger partial charge in [-0.2, -0.15) is 5.06 Å². The monoisotopic (exact) mass is 200 g/mol. The summed E-state index contributed by atoms with van der Waals surface area (Å²) >= 11 is 0. The number of hydrogen-bond acceptors (Lipinski definition) is 3. The lowest BCUT2D eigenvalue weighted by Gasteiger charge is -2.50. The third-order valence-electron chi connectivity index (χ3n) is 3.35. The highest BCUT2D eigenvalue weighted by molar-refractivity contribution is 4.98. The number of piperidine rings is 1. The highest BCUT2D eigenvalue weighted by Gasteiger charge is 2.43. The van der Waals surface area contributed by atoms with E-state index < -0.39 is 0 Å². The van der Waals surface area contributed by atoms with Crippen molar-refractivity contribution in [2.75, 3.05) is 13.1 Å². The van der Waals surface area contributed by atoms with Gasteiger partial charge in [0.05, 0.1) is 0 Å². The zero-order valence-corrected chi connectivity index (χ0v) is 10.1. The van der Waals surface area contributed by atoms with E-state index >= 15 is 0 Å². The van der Waals surface area contributed by atoms with Gasteiger partial charge >= 0.3 is 0 Å². The molecule has 1 saturated heterocycles. The van der Waals surface area contributed by atoms with Crippen molar-refractivity contribution in [3.8, 4) is 0 Å². The average Bonchev–Trinajstić information content (AvgIpc) is 2.00. The summed E-state index contributed by atoms with van der Waals surface area (Å²) in [7, 11) is 0. The zero-order valence-electron chi connectivity index (χ0n) is 10.1. The predicted octanol–water partition coefficient (Wildman–Crippen LogP) is 1.86. The fourth-order valence-corrected chi connectivity index (χ4v) is 2.19. The van der Waals surface area contributed by atoms with Gasteiger partial charge < -0.3 is 10.5 Å². The van der Waals surface area contributed by atoms with Gasteiger partial charge in [0.2, 0.25) is 0 Å². The minimum atomic E-state index is -0.109. The number of nitrogens with zero attached hydrogens (tertiary/aromatic N) is 1. The van der Waals surface area contributed by atoms with E-state index in [9.17, 15) is 5.21 Å². The maximum absolute atomic E-state index is 9.86. The van der Waals surface area contributed by atoms with Crippen molar-refractivity contribution in [2.45, 2.75) is 52.6 Å². The van der Waals surface area contributed by atoms with Gasteiger partial charge in [-0.05, 0) is 32.2 Å². The van der Waals surface area contributed by atoms with Gasteiger partial charge in [-0.1, -0.05) is 20.8 Å². The summed E-state index contributed by atoms with van der Waals surface area (Å²) in [5.41, 5.74) is 0.0304. The van der Waals surface area contributed by atoms with Crippen LogP contribution in [0.3, 0.4) is 0 Å². The second kappa shape index (κ2) is 3.80. The van der Waals surface area contributed by atoms with Gasteiger partial charge in [-0.3, -0.25) is 0 Å². The Morgan fingerprint density at radius 1 is 1.36 bits per heavy atom. The molecule has 3 heteroatoms. The molecule has 0 aliphatic carbocycles. The highest BCUT2D eigenvalue weighted by atomic mass is 16.5. The van der Waals surface area contributed by atoms with Gasteiger partial charge in [0.1, 0.15) is 0 Å². The van der Waals surface area contributed by atoms with E-state index in [1.807, 2.05) is 0 Å². The summed E-state index contributed by atoms with van der Waals surface area (Å²) in [6, 6.07) is 0.492. The van der Waals surface area contributed by atoms with E-state index in [1.54, 1.807) is 0 Å². The fraction of sp³-hybridized carbons (Fsp3) is 1.00. The first-order valence-electron chi connectivity index (χ1n) is 5.49. The molecular weight excluding hydrogens is 176 g/mol. The molecule has 0 aromatic carbocycles. The molecule has 1 aliphatic heterocycles. The van der Waals surface area contributed by atoms with Crippen molar-refractivity contribution < 1.29 is 5.21 Å². The maximum Gasteiger partial charge on any atom is 0.0419 e. The molecule has 1 fully saturated rings. The van der Waals surface area contributed by atoms with E-state index in [2.05, 4.69) is 39.9 Å². The van der Waals surface area contributed by atoms with Crippen molar-refractivity contribution >= 4 is 0 Å². The van der Waals surface area contributed by atoms with E-state index in [0.29, 0.717) is 6.04 Å². The summed E-state index contributed by atoms with van der Waals surface area (Å²) in [5.74, 6) is 0. The summed E-state index contributed by atoms with van der Waals surface area (Å²) in [6.07, 6.45) is 0.990. The van der Waals surface area contributed by atoms with Crippen LogP contribution in [-0.4, -0.2) is 34.9 Å². The van der Waals surface area contributed by atoms with Crippen LogP contribution in [0.4, 0.5) is 0 Å². The quantitative estimate of drug-likeness (QED) is 0.714. The molecule has 0 amide bonds. The van der Waals surface area contributed by atoms with Crippen molar-refractivity contribution in [3.63, 3.8) is 0 Å². The molecule has 1 rings (SSSR count). The standard InChI is InChI=1S/C11H24N2O/c1-6-12-9-7-11(4,5)13(14)8-10(9,2)3/h9,12,14H,6-8H2,1-5H3. The van der Waals surface area contributed by atoms with Gasteiger partial charge in [0.25, 0.3) is 0 Å². The van der Waals surface area contributed by atoms with E-state index in [0.717, 1.165) is 19.5 Å². The summed E-state index contributed by atoms with van der Waals surface area (Å²) in [4.78, 5) is 0. The molecule has 0 aromatic rings. The van der Waals surface area contributed by atoms with Crippen LogP contribution in [0.15, 0.2) is 0 Å². The van der Waals surface area contributed by atoms with Gasteiger partial charge in [0, 0.05) is 18.1 Å². The molecule has 0 aromatic heterocycles. The Morgan fingerprint density at radius 2 is 1.93 bits per heavy atom. The lowest BCUT2D eigenvalue weighted by atomic mass is 9.73. The Morgan fingerprint density at radius 3 is 2.43 bits per heavy atom. The summed E-state index contributed by atoms with van der Waals surface area (Å²) in [5, 5.41) is 14.9. The Hall–Kier alpha value is -0.120. The molecule has 84 valence electrons. The smallest absolute Gasteiger partial charge is 0.0419 e. The van der Waals surface area contributed by atoms with E-state index in [-0.39, 0.29) is 11.0 Å². The summed E-state index contributed by atoms with van der Waals surface area (Å²) in [6.45, 7) is 12.5. The van der Waals surface area contributed by atoms with Crippen LogP contribution in [0.2, 0.25) is 0 Å². The van der Waals surface area contributed by atoms with Crippen LogP contribution in [0.5, 0.6) is 0 Å². The molecule has 0 saturated carbocycles. The van der Waals surface area contributed by atoms with Gasteiger partial charge in [-0.25, -0.2) is 0 Å². The second-order valence-corrected chi connectivity index (χ2v) is 5.67. The molecule has 2 N–H and O–H groups in total. The lowest BCUT2D eigenvalue weighted by Crippen LogP contribution is -2.61. The molecule has 1 aliphatic rings. The lowest BCUT2D eigenvalue weighted by molar-refractivity contribution is -0.209. The zero-order chi connectivity index (χ0) is 11.0. The second-order valence-electron chi connectivity index (χ2n) is 5.67. The van der Waals surface area contributed by atoms with Crippen LogP contribution in [0.25, 0.3) is 0 Å². The van der Waals surface area contributed by atoms with Crippen LogP contribution < -0.4 is 5.32 Å². The number of nitrogens with one attached hydrogen (secondary N) is 1. The first-order valence-corrected chi connectivity index (χ1v) is 5.49. The van der Waals surface area contributed by atoms with E-state index in [4.69, 9.17) is 0 Å². The predicted molar refractivity (Wildman–Crippen MR) is 58.4 cm³/mol. The SMILES string of the molecule is CCNC1CC(C)(C)N(O)CC1(C)C. The fourth-order valence-electron chi connectivity index (χ4n) is 2.19. The highest BCUT2D eigenvalue weighted by Crippen LogP contribution is 2.36. The molecular formula is C11H24N2O. The third-order valence-corrected chi connectivity index (χ3v) is 3.35. The summed E-state index contributed by atoms with van der Waals surface area (Å²) < 4.78 is 0. The normalized spacial score (nSPS) is 31.7. The minimum absolute atomic E-state index is 0.109. The first-order chi connectivity index (χ1) is 6.29. The molecule has 0 bridgehead atoms. The van der Waals surface area contributed by atoms with Gasteiger partial charge in [-0.15, -0.1) is 0 Å². The molecule has 1 heterocycles. The van der Waals surface area contributed by atoms with Crippen LogP contribution in [0.1, 0.15) is 41.0 Å². The molecule has 3 nitrogen and oxygen atoms in total. The number of hydrogen-bond donors (Lipinski definition) is 2. The van der Waals surface area contributed by atoms with Crippen molar-refractivity contribution in [3.05, 3.63) is 0 Å². The Bertz CT molecular complexity index is 201. The van der Waals surface area contributed by atoms with Crippen molar-refractivity contribution in [2.24, 2.45) is 5.41 Å². The molecule has 14 heavy (non-hydrogen) atoms. The third kappa shape index (κ3) is 2.27. The largest absolute Gasteiger partial charge is 0.314 e.